The van der Waals surface area contributed by atoms with Crippen molar-refractivity contribution in [3.8, 4) is 0 Å². The van der Waals surface area contributed by atoms with Gasteiger partial charge in [0.2, 0.25) is 10.0 Å². The Morgan fingerprint density at radius 3 is 2.48 bits per heavy atom. The fourth-order valence-corrected chi connectivity index (χ4v) is 2.64. The fraction of sp³-hybridized carbons (Fsp3) is 0.125. The second-order valence-electron chi connectivity index (χ2n) is 5.12. The summed E-state index contributed by atoms with van der Waals surface area (Å²) in [5.74, 6) is -1.33. The number of esters is 1. The van der Waals surface area contributed by atoms with Crippen LogP contribution in [0.5, 0.6) is 0 Å². The molecule has 0 aliphatic rings. The lowest BCUT2D eigenvalue weighted by atomic mass is 10.2. The molecule has 9 heteroatoms. The summed E-state index contributed by atoms with van der Waals surface area (Å²) in [7, 11) is -3.89. The highest BCUT2D eigenvalue weighted by molar-refractivity contribution is 7.89. The summed E-state index contributed by atoms with van der Waals surface area (Å²) >= 11 is 5.80. The molecule has 0 aliphatic carbocycles. The number of rotatable bonds is 5. The molecule has 0 heterocycles. The van der Waals surface area contributed by atoms with Crippen LogP contribution in [0.4, 0.5) is 5.69 Å². The lowest BCUT2D eigenvalue weighted by molar-refractivity contribution is -0.123. The molecule has 1 unspecified atom stereocenters. The van der Waals surface area contributed by atoms with Crippen molar-refractivity contribution in [1.82, 2.24) is 0 Å². The summed E-state index contributed by atoms with van der Waals surface area (Å²) in [5.41, 5.74) is 0.422. The zero-order chi connectivity index (χ0) is 18.6. The first-order valence-electron chi connectivity index (χ1n) is 7.07. The summed E-state index contributed by atoms with van der Waals surface area (Å²) in [5, 5.41) is 7.87. The van der Waals surface area contributed by atoms with E-state index in [1.807, 2.05) is 0 Å². The van der Waals surface area contributed by atoms with Crippen molar-refractivity contribution in [1.29, 1.82) is 0 Å². The molecule has 1 amide bonds. The molecule has 0 aromatic heterocycles. The molecular formula is C16H15ClN2O5S. The van der Waals surface area contributed by atoms with E-state index in [0.717, 1.165) is 0 Å². The standard InChI is InChI=1S/C16H15ClN2O5S/c1-10(24-16(21)11-4-2-5-12(17)8-11)15(20)19-13-6-3-7-14(9-13)25(18,22)23/h2-10H,1H3,(H,19,20)(H2,18,22,23). The van der Waals surface area contributed by atoms with Crippen LogP contribution in [-0.4, -0.2) is 26.4 Å². The van der Waals surface area contributed by atoms with Gasteiger partial charge in [0, 0.05) is 10.7 Å². The van der Waals surface area contributed by atoms with Gasteiger partial charge in [0.15, 0.2) is 6.10 Å². The number of benzene rings is 2. The van der Waals surface area contributed by atoms with E-state index in [-0.39, 0.29) is 16.1 Å². The van der Waals surface area contributed by atoms with Gasteiger partial charge in [0.1, 0.15) is 0 Å². The van der Waals surface area contributed by atoms with Crippen LogP contribution in [0.2, 0.25) is 5.02 Å². The van der Waals surface area contributed by atoms with Crippen LogP contribution in [0.25, 0.3) is 0 Å². The molecule has 0 radical (unpaired) electrons. The number of hydrogen-bond donors (Lipinski definition) is 2. The van der Waals surface area contributed by atoms with Crippen LogP contribution in [-0.2, 0) is 19.6 Å². The summed E-state index contributed by atoms with van der Waals surface area (Å²) < 4.78 is 27.7. The number of carbonyl (C=O) groups excluding carboxylic acids is 2. The predicted octanol–water partition coefficient (Wildman–Crippen LogP) is 2.17. The van der Waals surface area contributed by atoms with Gasteiger partial charge in [-0.1, -0.05) is 23.7 Å². The quantitative estimate of drug-likeness (QED) is 0.769. The third-order valence-corrected chi connectivity index (χ3v) is 4.29. The van der Waals surface area contributed by atoms with E-state index < -0.39 is 28.0 Å². The van der Waals surface area contributed by atoms with Gasteiger partial charge in [-0.05, 0) is 43.3 Å². The highest BCUT2D eigenvalue weighted by Crippen LogP contribution is 2.16. The van der Waals surface area contributed by atoms with E-state index in [4.69, 9.17) is 21.5 Å². The zero-order valence-corrected chi connectivity index (χ0v) is 14.7. The Morgan fingerprint density at radius 2 is 1.84 bits per heavy atom. The van der Waals surface area contributed by atoms with E-state index >= 15 is 0 Å². The van der Waals surface area contributed by atoms with E-state index in [9.17, 15) is 18.0 Å². The number of hydrogen-bond acceptors (Lipinski definition) is 5. The Bertz CT molecular complexity index is 914. The van der Waals surface area contributed by atoms with Gasteiger partial charge in [-0.25, -0.2) is 18.4 Å². The molecule has 1 atom stereocenters. The monoisotopic (exact) mass is 382 g/mol. The molecule has 2 rings (SSSR count). The number of anilines is 1. The van der Waals surface area contributed by atoms with Crippen molar-refractivity contribution in [2.75, 3.05) is 5.32 Å². The normalized spacial score (nSPS) is 12.3. The number of amides is 1. The van der Waals surface area contributed by atoms with E-state index in [0.29, 0.717) is 5.02 Å². The van der Waals surface area contributed by atoms with Crippen molar-refractivity contribution in [3.05, 3.63) is 59.1 Å². The first-order chi connectivity index (χ1) is 11.7. The molecule has 25 heavy (non-hydrogen) atoms. The number of primary sulfonamides is 1. The minimum atomic E-state index is -3.89. The molecule has 0 bridgehead atoms. The number of halogens is 1. The third-order valence-electron chi connectivity index (χ3n) is 3.14. The highest BCUT2D eigenvalue weighted by Gasteiger charge is 2.19. The van der Waals surface area contributed by atoms with Gasteiger partial charge in [-0.15, -0.1) is 0 Å². The van der Waals surface area contributed by atoms with E-state index in [1.54, 1.807) is 12.1 Å². The number of nitrogens with one attached hydrogen (secondary N) is 1. The molecule has 7 nitrogen and oxygen atoms in total. The van der Waals surface area contributed by atoms with Crippen molar-refractivity contribution in [2.45, 2.75) is 17.9 Å². The molecular weight excluding hydrogens is 368 g/mol. The van der Waals surface area contributed by atoms with Crippen molar-refractivity contribution in [3.63, 3.8) is 0 Å². The van der Waals surface area contributed by atoms with E-state index in [2.05, 4.69) is 5.32 Å². The Balaban J connectivity index is 2.04. The number of nitrogens with two attached hydrogens (primary N) is 1. The van der Waals surface area contributed by atoms with Crippen molar-refractivity contribution >= 4 is 39.2 Å². The molecule has 2 aromatic rings. The van der Waals surface area contributed by atoms with Gasteiger partial charge in [0.05, 0.1) is 10.5 Å². The van der Waals surface area contributed by atoms with Crippen LogP contribution >= 0.6 is 11.6 Å². The van der Waals surface area contributed by atoms with Crippen LogP contribution in [0.3, 0.4) is 0 Å². The lowest BCUT2D eigenvalue weighted by Gasteiger charge is -2.14. The van der Waals surface area contributed by atoms with Crippen LogP contribution in [0.15, 0.2) is 53.4 Å². The molecule has 0 aliphatic heterocycles. The molecule has 3 N–H and O–H groups in total. The molecule has 2 aromatic carbocycles. The largest absolute Gasteiger partial charge is 0.449 e. The Kier molecular flexibility index (Phi) is 5.78. The average Bonchev–Trinajstić information content (AvgIpc) is 2.54. The van der Waals surface area contributed by atoms with Gasteiger partial charge < -0.3 is 10.1 Å². The lowest BCUT2D eigenvalue weighted by Crippen LogP contribution is -2.30. The highest BCUT2D eigenvalue weighted by atomic mass is 35.5. The summed E-state index contributed by atoms with van der Waals surface area (Å²) in [6.45, 7) is 1.39. The maximum atomic E-state index is 12.1. The predicted molar refractivity (Wildman–Crippen MR) is 92.8 cm³/mol. The van der Waals surface area contributed by atoms with Gasteiger partial charge >= 0.3 is 5.97 Å². The maximum Gasteiger partial charge on any atom is 0.338 e. The second kappa shape index (κ2) is 7.64. The Hall–Kier alpha value is -2.42. The molecule has 0 fully saturated rings. The second-order valence-corrected chi connectivity index (χ2v) is 7.12. The maximum absolute atomic E-state index is 12.1. The van der Waals surface area contributed by atoms with Gasteiger partial charge in [0.25, 0.3) is 5.91 Å². The molecule has 0 saturated carbocycles. The first kappa shape index (κ1) is 18.9. The molecule has 0 spiro atoms. The summed E-state index contributed by atoms with van der Waals surface area (Å²) in [6.07, 6.45) is -1.11. The smallest absolute Gasteiger partial charge is 0.338 e. The van der Waals surface area contributed by atoms with Crippen molar-refractivity contribution in [2.24, 2.45) is 5.14 Å². The summed E-state index contributed by atoms with van der Waals surface area (Å²) in [4.78, 5) is 24.0. The number of sulfonamides is 1. The van der Waals surface area contributed by atoms with E-state index in [1.165, 1.54) is 43.3 Å². The van der Waals surface area contributed by atoms with Gasteiger partial charge in [-0.3, -0.25) is 4.79 Å². The minimum Gasteiger partial charge on any atom is -0.449 e. The van der Waals surface area contributed by atoms with Crippen LogP contribution in [0, 0.1) is 0 Å². The van der Waals surface area contributed by atoms with Crippen LogP contribution < -0.4 is 10.5 Å². The molecule has 0 saturated heterocycles. The minimum absolute atomic E-state index is 0.145. The number of carbonyl (C=O) groups is 2. The Labute approximate surface area is 149 Å². The first-order valence-corrected chi connectivity index (χ1v) is 8.99. The van der Waals surface area contributed by atoms with Gasteiger partial charge in [-0.2, -0.15) is 0 Å². The molecule has 132 valence electrons. The zero-order valence-electron chi connectivity index (χ0n) is 13.1. The van der Waals surface area contributed by atoms with Crippen LogP contribution in [0.1, 0.15) is 17.3 Å². The third kappa shape index (κ3) is 5.28. The Morgan fingerprint density at radius 1 is 1.16 bits per heavy atom. The average molecular weight is 383 g/mol. The fourth-order valence-electron chi connectivity index (χ4n) is 1.89. The topological polar surface area (TPSA) is 116 Å². The SMILES string of the molecule is CC(OC(=O)c1cccc(Cl)c1)C(=O)Nc1cccc(S(N)(=O)=O)c1. The summed E-state index contributed by atoms with van der Waals surface area (Å²) in [6, 6.07) is 11.5. The van der Waals surface area contributed by atoms with Crippen molar-refractivity contribution < 1.29 is 22.7 Å². The number of ether oxygens (including phenoxy) is 1.